The first kappa shape index (κ1) is 9.18. The Bertz CT molecular complexity index is 362. The molecule has 0 saturated heterocycles. The smallest absolute Gasteiger partial charge is 0.313 e. The van der Waals surface area contributed by atoms with Crippen molar-refractivity contribution in [2.24, 2.45) is 0 Å². The van der Waals surface area contributed by atoms with Crippen LogP contribution in [0.15, 0.2) is 35.5 Å². The first-order valence-corrected chi connectivity index (χ1v) is 3.75. The standard InChI is InChI=1S/C4H4N2O.C4H6N2/c7-4-5-2-1-3-6-4;1-4-2-3-5-6-4/h1-3H,(H,5,6,7);2-3H,1H3,(H,5,6). The number of hydrogen-bond acceptors (Lipinski definition) is 3. The zero-order valence-electron chi connectivity index (χ0n) is 7.19. The van der Waals surface area contributed by atoms with Gasteiger partial charge in [-0.15, -0.1) is 0 Å². The highest BCUT2D eigenvalue weighted by Crippen LogP contribution is 1.82. The van der Waals surface area contributed by atoms with Crippen molar-refractivity contribution in [2.45, 2.75) is 6.92 Å². The Morgan fingerprint density at radius 2 is 2.23 bits per heavy atom. The zero-order valence-corrected chi connectivity index (χ0v) is 7.19. The van der Waals surface area contributed by atoms with E-state index in [0.717, 1.165) is 5.69 Å². The zero-order chi connectivity index (χ0) is 9.52. The maximum Gasteiger partial charge on any atom is 0.344 e. The monoisotopic (exact) mass is 178 g/mol. The molecule has 5 heteroatoms. The molecule has 68 valence electrons. The van der Waals surface area contributed by atoms with Crippen LogP contribution in [0.4, 0.5) is 0 Å². The number of nitrogens with one attached hydrogen (secondary N) is 2. The van der Waals surface area contributed by atoms with E-state index >= 15 is 0 Å². The van der Waals surface area contributed by atoms with Crippen LogP contribution in [0.5, 0.6) is 0 Å². The summed E-state index contributed by atoms with van der Waals surface area (Å²) in [7, 11) is 0. The summed E-state index contributed by atoms with van der Waals surface area (Å²) in [4.78, 5) is 15.8. The Hall–Kier alpha value is -1.91. The van der Waals surface area contributed by atoms with Crippen LogP contribution in [0, 0.1) is 6.92 Å². The topological polar surface area (TPSA) is 74.4 Å². The van der Waals surface area contributed by atoms with Crippen LogP contribution in [0.1, 0.15) is 5.69 Å². The molecule has 0 unspecified atom stereocenters. The number of rotatable bonds is 0. The largest absolute Gasteiger partial charge is 0.344 e. The second-order valence-corrected chi connectivity index (χ2v) is 2.30. The minimum atomic E-state index is -0.303. The van der Waals surface area contributed by atoms with Crippen LogP contribution in [0.3, 0.4) is 0 Å². The summed E-state index contributed by atoms with van der Waals surface area (Å²) in [5.74, 6) is 0. The molecule has 2 aromatic heterocycles. The average Bonchev–Trinajstić information content (AvgIpc) is 2.58. The fraction of sp³-hybridized carbons (Fsp3) is 0.125. The average molecular weight is 178 g/mol. The maximum absolute atomic E-state index is 10.1. The van der Waals surface area contributed by atoms with Crippen molar-refractivity contribution in [3.05, 3.63) is 46.9 Å². The van der Waals surface area contributed by atoms with Crippen LogP contribution >= 0.6 is 0 Å². The lowest BCUT2D eigenvalue weighted by atomic mass is 10.5. The first-order valence-electron chi connectivity index (χ1n) is 3.75. The lowest BCUT2D eigenvalue weighted by molar-refractivity contribution is 1.05. The fourth-order valence-corrected chi connectivity index (χ4v) is 0.645. The second-order valence-electron chi connectivity index (χ2n) is 2.30. The van der Waals surface area contributed by atoms with Crippen LogP contribution in [-0.4, -0.2) is 20.2 Å². The molecular formula is C8H10N4O. The number of H-pyrrole nitrogens is 2. The van der Waals surface area contributed by atoms with Crippen LogP contribution in [0.25, 0.3) is 0 Å². The predicted octanol–water partition coefficient (Wildman–Crippen LogP) is 0.488. The SMILES string of the molecule is Cc1cc[nH]n1.O=c1nccc[nH]1. The minimum Gasteiger partial charge on any atom is -0.313 e. The highest BCUT2D eigenvalue weighted by atomic mass is 16.1. The van der Waals surface area contributed by atoms with Gasteiger partial charge in [-0.3, -0.25) is 5.10 Å². The molecule has 5 nitrogen and oxygen atoms in total. The van der Waals surface area contributed by atoms with Gasteiger partial charge in [-0.25, -0.2) is 9.78 Å². The van der Waals surface area contributed by atoms with Crippen LogP contribution < -0.4 is 5.69 Å². The van der Waals surface area contributed by atoms with E-state index in [0.29, 0.717) is 0 Å². The fourth-order valence-electron chi connectivity index (χ4n) is 0.645. The van der Waals surface area contributed by atoms with E-state index in [1.54, 1.807) is 12.3 Å². The summed E-state index contributed by atoms with van der Waals surface area (Å²) in [6, 6.07) is 3.57. The van der Waals surface area contributed by atoms with Crippen molar-refractivity contribution in [3.63, 3.8) is 0 Å². The number of aromatic amines is 2. The van der Waals surface area contributed by atoms with Gasteiger partial charge in [0.25, 0.3) is 0 Å². The summed E-state index contributed by atoms with van der Waals surface area (Å²) in [6.07, 6.45) is 4.78. The van der Waals surface area contributed by atoms with E-state index in [2.05, 4.69) is 20.2 Å². The minimum absolute atomic E-state index is 0.303. The molecule has 0 aliphatic heterocycles. The molecular weight excluding hydrogens is 168 g/mol. The van der Waals surface area contributed by atoms with Gasteiger partial charge in [-0.05, 0) is 19.1 Å². The summed E-state index contributed by atoms with van der Waals surface area (Å²) < 4.78 is 0. The van der Waals surface area contributed by atoms with E-state index < -0.39 is 0 Å². The second kappa shape index (κ2) is 4.87. The van der Waals surface area contributed by atoms with E-state index in [1.165, 1.54) is 12.4 Å². The van der Waals surface area contributed by atoms with Crippen molar-refractivity contribution in [2.75, 3.05) is 0 Å². The summed E-state index contributed by atoms with van der Waals surface area (Å²) in [5, 5.41) is 6.47. The van der Waals surface area contributed by atoms with Crippen molar-refractivity contribution in [3.8, 4) is 0 Å². The summed E-state index contributed by atoms with van der Waals surface area (Å²) in [5.41, 5.74) is 0.734. The number of hydrogen-bond donors (Lipinski definition) is 2. The number of aromatic nitrogens is 4. The van der Waals surface area contributed by atoms with Gasteiger partial charge >= 0.3 is 5.69 Å². The molecule has 0 fully saturated rings. The van der Waals surface area contributed by atoms with E-state index in [9.17, 15) is 4.79 Å². The third-order valence-corrected chi connectivity index (χ3v) is 1.22. The summed E-state index contributed by atoms with van der Waals surface area (Å²) in [6.45, 7) is 1.94. The van der Waals surface area contributed by atoms with Crippen molar-refractivity contribution in [1.82, 2.24) is 20.2 Å². The Morgan fingerprint density at radius 1 is 1.38 bits per heavy atom. The molecule has 13 heavy (non-hydrogen) atoms. The molecule has 0 saturated carbocycles. The Labute approximate surface area is 74.9 Å². The molecule has 2 heterocycles. The Morgan fingerprint density at radius 3 is 2.46 bits per heavy atom. The molecule has 2 rings (SSSR count). The molecule has 0 radical (unpaired) electrons. The van der Waals surface area contributed by atoms with Crippen LogP contribution in [-0.2, 0) is 0 Å². The third-order valence-electron chi connectivity index (χ3n) is 1.22. The van der Waals surface area contributed by atoms with Gasteiger partial charge in [0, 0.05) is 18.6 Å². The normalized spacial score (nSPS) is 8.69. The quantitative estimate of drug-likeness (QED) is 0.616. The molecule has 2 N–H and O–H groups in total. The molecule has 0 spiro atoms. The predicted molar refractivity (Wildman–Crippen MR) is 48.2 cm³/mol. The lowest BCUT2D eigenvalue weighted by Crippen LogP contribution is -2.05. The van der Waals surface area contributed by atoms with E-state index in [1.807, 2.05) is 13.0 Å². The molecule has 0 aliphatic carbocycles. The van der Waals surface area contributed by atoms with Gasteiger partial charge in [0.05, 0.1) is 5.69 Å². The third kappa shape index (κ3) is 3.85. The van der Waals surface area contributed by atoms with Crippen LogP contribution in [0.2, 0.25) is 0 Å². The van der Waals surface area contributed by atoms with Gasteiger partial charge < -0.3 is 4.98 Å². The van der Waals surface area contributed by atoms with E-state index in [4.69, 9.17) is 0 Å². The molecule has 0 aliphatic rings. The van der Waals surface area contributed by atoms with Crippen molar-refractivity contribution in [1.29, 1.82) is 0 Å². The molecule has 0 atom stereocenters. The van der Waals surface area contributed by atoms with Gasteiger partial charge in [0.2, 0.25) is 0 Å². The first-order chi connectivity index (χ1) is 6.29. The molecule has 2 aromatic rings. The van der Waals surface area contributed by atoms with Gasteiger partial charge in [-0.1, -0.05) is 0 Å². The molecule has 0 bridgehead atoms. The number of nitrogens with zero attached hydrogens (tertiary/aromatic N) is 2. The molecule has 0 aromatic carbocycles. The highest BCUT2D eigenvalue weighted by molar-refractivity contribution is 4.91. The maximum atomic E-state index is 10.1. The summed E-state index contributed by atoms with van der Waals surface area (Å²) >= 11 is 0. The lowest BCUT2D eigenvalue weighted by Gasteiger charge is -1.72. The van der Waals surface area contributed by atoms with Crippen molar-refractivity contribution >= 4 is 0 Å². The van der Waals surface area contributed by atoms with Crippen molar-refractivity contribution < 1.29 is 0 Å². The number of aryl methyl sites for hydroxylation is 1. The Kier molecular flexibility index (Phi) is 3.44. The van der Waals surface area contributed by atoms with Gasteiger partial charge in [0.15, 0.2) is 0 Å². The van der Waals surface area contributed by atoms with E-state index in [-0.39, 0.29) is 5.69 Å². The van der Waals surface area contributed by atoms with Gasteiger partial charge in [0.1, 0.15) is 0 Å². The van der Waals surface area contributed by atoms with Gasteiger partial charge in [-0.2, -0.15) is 5.10 Å². The Balaban J connectivity index is 0.000000132. The highest BCUT2D eigenvalue weighted by Gasteiger charge is 1.74. The molecule has 0 amide bonds.